The fourth-order valence-electron chi connectivity index (χ4n) is 4.58. The lowest BCUT2D eigenvalue weighted by Crippen LogP contribution is -2.22. The summed E-state index contributed by atoms with van der Waals surface area (Å²) >= 11 is 0. The SMILES string of the molecule is NCc1cc(CNC2C3C4CCC(C4)C23)ccn1. The predicted molar refractivity (Wildman–Crippen MR) is 70.6 cm³/mol. The van der Waals surface area contributed by atoms with Crippen LogP contribution >= 0.6 is 0 Å². The van der Waals surface area contributed by atoms with Gasteiger partial charge in [-0.2, -0.15) is 0 Å². The first-order chi connectivity index (χ1) is 8.86. The molecule has 18 heavy (non-hydrogen) atoms. The molecule has 3 aliphatic carbocycles. The van der Waals surface area contributed by atoms with E-state index >= 15 is 0 Å². The summed E-state index contributed by atoms with van der Waals surface area (Å²) in [6.45, 7) is 1.51. The summed E-state index contributed by atoms with van der Waals surface area (Å²) in [6.07, 6.45) is 6.39. The Hall–Kier alpha value is -0.930. The molecule has 4 unspecified atom stereocenters. The standard InChI is InChI=1S/C15H21N3/c16-7-12-5-9(3-4-17-12)8-18-15-13-10-1-2-11(6-10)14(13)15/h3-5,10-11,13-15,18H,1-2,6-8,16H2. The monoisotopic (exact) mass is 243 g/mol. The van der Waals surface area contributed by atoms with Crippen LogP contribution in [-0.4, -0.2) is 11.0 Å². The third kappa shape index (κ3) is 1.61. The molecule has 0 spiro atoms. The zero-order valence-corrected chi connectivity index (χ0v) is 10.7. The van der Waals surface area contributed by atoms with E-state index in [0.29, 0.717) is 6.54 Å². The molecule has 1 heterocycles. The smallest absolute Gasteiger partial charge is 0.0542 e. The van der Waals surface area contributed by atoms with Crippen LogP contribution in [0, 0.1) is 23.7 Å². The maximum absolute atomic E-state index is 5.62. The molecule has 0 amide bonds. The fourth-order valence-corrected chi connectivity index (χ4v) is 4.58. The van der Waals surface area contributed by atoms with Crippen LogP contribution in [0.1, 0.15) is 30.5 Å². The van der Waals surface area contributed by atoms with Crippen molar-refractivity contribution in [3.8, 4) is 0 Å². The van der Waals surface area contributed by atoms with Gasteiger partial charge in [0.2, 0.25) is 0 Å². The highest BCUT2D eigenvalue weighted by Crippen LogP contribution is 2.65. The van der Waals surface area contributed by atoms with E-state index in [1.807, 2.05) is 6.20 Å². The Kier molecular flexibility index (Phi) is 2.45. The van der Waals surface area contributed by atoms with Gasteiger partial charge in [-0.1, -0.05) is 0 Å². The topological polar surface area (TPSA) is 50.9 Å². The number of pyridine rings is 1. The molecule has 4 rings (SSSR count). The molecule has 4 atom stereocenters. The highest BCUT2D eigenvalue weighted by molar-refractivity contribution is 5.20. The van der Waals surface area contributed by atoms with E-state index < -0.39 is 0 Å². The normalized spacial score (nSPS) is 39.9. The first-order valence-corrected chi connectivity index (χ1v) is 7.24. The van der Waals surface area contributed by atoms with Crippen LogP contribution in [0.3, 0.4) is 0 Å². The van der Waals surface area contributed by atoms with Crippen molar-refractivity contribution in [1.29, 1.82) is 0 Å². The molecule has 0 radical (unpaired) electrons. The summed E-state index contributed by atoms with van der Waals surface area (Å²) in [6, 6.07) is 5.03. The predicted octanol–water partition coefficient (Wildman–Crippen LogP) is 1.67. The Morgan fingerprint density at radius 3 is 2.78 bits per heavy atom. The highest BCUT2D eigenvalue weighted by Gasteiger charge is 2.64. The molecule has 1 aromatic heterocycles. The van der Waals surface area contributed by atoms with E-state index in [2.05, 4.69) is 22.4 Å². The number of hydrogen-bond acceptors (Lipinski definition) is 3. The van der Waals surface area contributed by atoms with Crippen molar-refractivity contribution in [3.05, 3.63) is 29.6 Å². The minimum absolute atomic E-state index is 0.534. The number of fused-ring (bicyclic) bond motifs is 5. The van der Waals surface area contributed by atoms with E-state index in [4.69, 9.17) is 5.73 Å². The highest BCUT2D eigenvalue weighted by atomic mass is 15.0. The Morgan fingerprint density at radius 2 is 2.06 bits per heavy atom. The molecule has 2 bridgehead atoms. The summed E-state index contributed by atoms with van der Waals surface area (Å²) in [5.41, 5.74) is 7.94. The number of nitrogens with one attached hydrogen (secondary N) is 1. The molecule has 3 fully saturated rings. The summed E-state index contributed by atoms with van der Waals surface area (Å²) in [4.78, 5) is 4.24. The Labute approximate surface area is 108 Å². The quantitative estimate of drug-likeness (QED) is 0.846. The molecule has 96 valence electrons. The zero-order valence-electron chi connectivity index (χ0n) is 10.7. The second-order valence-corrected chi connectivity index (χ2v) is 6.25. The van der Waals surface area contributed by atoms with Gasteiger partial charge in [-0.05, 0) is 60.6 Å². The third-order valence-corrected chi connectivity index (χ3v) is 5.37. The van der Waals surface area contributed by atoms with E-state index in [9.17, 15) is 0 Å². The number of nitrogens with two attached hydrogens (primary N) is 1. The van der Waals surface area contributed by atoms with E-state index in [0.717, 1.165) is 42.0 Å². The minimum atomic E-state index is 0.534. The lowest BCUT2D eigenvalue weighted by Gasteiger charge is -2.10. The van der Waals surface area contributed by atoms with Crippen LogP contribution in [0.15, 0.2) is 18.3 Å². The molecular formula is C15H21N3. The average Bonchev–Trinajstić information content (AvgIpc) is 2.80. The van der Waals surface area contributed by atoms with E-state index in [1.165, 1.54) is 24.8 Å². The number of hydrogen-bond donors (Lipinski definition) is 2. The minimum Gasteiger partial charge on any atom is -0.325 e. The van der Waals surface area contributed by atoms with Gasteiger partial charge in [-0.25, -0.2) is 0 Å². The molecule has 0 aliphatic heterocycles. The lowest BCUT2D eigenvalue weighted by molar-refractivity contribution is 0.456. The summed E-state index contributed by atoms with van der Waals surface area (Å²) in [7, 11) is 0. The van der Waals surface area contributed by atoms with Gasteiger partial charge in [-0.3, -0.25) is 4.98 Å². The van der Waals surface area contributed by atoms with Crippen molar-refractivity contribution in [2.75, 3.05) is 0 Å². The molecule has 3 aliphatic rings. The molecule has 3 saturated carbocycles. The van der Waals surface area contributed by atoms with Crippen LogP contribution in [0.25, 0.3) is 0 Å². The largest absolute Gasteiger partial charge is 0.325 e. The van der Waals surface area contributed by atoms with Gasteiger partial charge in [0, 0.05) is 25.3 Å². The Bertz CT molecular complexity index is 443. The molecule has 3 nitrogen and oxygen atoms in total. The van der Waals surface area contributed by atoms with Crippen molar-refractivity contribution in [3.63, 3.8) is 0 Å². The van der Waals surface area contributed by atoms with Gasteiger partial charge in [0.15, 0.2) is 0 Å². The number of aromatic nitrogens is 1. The van der Waals surface area contributed by atoms with E-state index in [-0.39, 0.29) is 0 Å². The number of nitrogens with zero attached hydrogens (tertiary/aromatic N) is 1. The van der Waals surface area contributed by atoms with Gasteiger partial charge >= 0.3 is 0 Å². The second kappa shape index (κ2) is 4.04. The molecular weight excluding hydrogens is 222 g/mol. The van der Waals surface area contributed by atoms with Crippen LogP contribution < -0.4 is 11.1 Å². The van der Waals surface area contributed by atoms with Crippen LogP contribution in [0.2, 0.25) is 0 Å². The van der Waals surface area contributed by atoms with Crippen molar-refractivity contribution in [2.45, 2.75) is 38.4 Å². The zero-order chi connectivity index (χ0) is 12.1. The van der Waals surface area contributed by atoms with Gasteiger partial charge < -0.3 is 11.1 Å². The van der Waals surface area contributed by atoms with Crippen LogP contribution in [-0.2, 0) is 13.1 Å². The maximum Gasteiger partial charge on any atom is 0.0542 e. The summed E-state index contributed by atoms with van der Waals surface area (Å²) in [5.74, 6) is 4.13. The van der Waals surface area contributed by atoms with Crippen LogP contribution in [0.4, 0.5) is 0 Å². The van der Waals surface area contributed by atoms with Gasteiger partial charge in [0.05, 0.1) is 5.69 Å². The van der Waals surface area contributed by atoms with Crippen molar-refractivity contribution in [1.82, 2.24) is 10.3 Å². The molecule has 3 heteroatoms. The van der Waals surface area contributed by atoms with Crippen LogP contribution in [0.5, 0.6) is 0 Å². The first-order valence-electron chi connectivity index (χ1n) is 7.24. The van der Waals surface area contributed by atoms with Gasteiger partial charge in [0.25, 0.3) is 0 Å². The summed E-state index contributed by atoms with van der Waals surface area (Å²) in [5, 5.41) is 3.76. The maximum atomic E-state index is 5.62. The summed E-state index contributed by atoms with van der Waals surface area (Å²) < 4.78 is 0. The molecule has 0 aromatic carbocycles. The Morgan fingerprint density at radius 1 is 1.28 bits per heavy atom. The van der Waals surface area contributed by atoms with Gasteiger partial charge in [0.1, 0.15) is 0 Å². The molecule has 1 aromatic rings. The van der Waals surface area contributed by atoms with E-state index in [1.54, 1.807) is 0 Å². The Balaban J connectivity index is 1.37. The van der Waals surface area contributed by atoms with Gasteiger partial charge in [-0.15, -0.1) is 0 Å². The second-order valence-electron chi connectivity index (χ2n) is 6.25. The lowest BCUT2D eigenvalue weighted by atomic mass is 10.0. The first kappa shape index (κ1) is 10.9. The van der Waals surface area contributed by atoms with Crippen molar-refractivity contribution in [2.24, 2.45) is 29.4 Å². The molecule has 3 N–H and O–H groups in total. The van der Waals surface area contributed by atoms with Crippen molar-refractivity contribution >= 4 is 0 Å². The molecule has 0 saturated heterocycles. The average molecular weight is 243 g/mol. The van der Waals surface area contributed by atoms with Crippen molar-refractivity contribution < 1.29 is 0 Å². The number of rotatable bonds is 4. The fraction of sp³-hybridized carbons (Fsp3) is 0.667. The third-order valence-electron chi connectivity index (χ3n) is 5.37.